The number of benzene rings is 2. The van der Waals surface area contributed by atoms with Crippen LogP contribution in [0.2, 0.25) is 0 Å². The quantitative estimate of drug-likeness (QED) is 0.756. The number of piperazine rings is 1. The Morgan fingerprint density at radius 3 is 2.28 bits per heavy atom. The number of halogens is 3. The van der Waals surface area contributed by atoms with Gasteiger partial charge in [-0.1, -0.05) is 24.3 Å². The lowest BCUT2D eigenvalue weighted by atomic mass is 10.1. The summed E-state index contributed by atoms with van der Waals surface area (Å²) in [7, 11) is 0. The first-order valence-corrected chi connectivity index (χ1v) is 10.3. The van der Waals surface area contributed by atoms with Crippen molar-refractivity contribution in [3.8, 4) is 5.75 Å². The summed E-state index contributed by atoms with van der Waals surface area (Å²) in [4.78, 5) is 29.7. The molecule has 0 bridgehead atoms. The molecule has 7 nitrogen and oxygen atoms in total. The van der Waals surface area contributed by atoms with Gasteiger partial charge < -0.3 is 15.3 Å². The summed E-state index contributed by atoms with van der Waals surface area (Å²) in [6.45, 7) is 1.73. The predicted octanol–water partition coefficient (Wildman–Crippen LogP) is 2.82. The summed E-state index contributed by atoms with van der Waals surface area (Å²) in [6, 6.07) is 10.7. The number of hydrogen-bond donors (Lipinski definition) is 2. The molecule has 1 fully saturated rings. The summed E-state index contributed by atoms with van der Waals surface area (Å²) >= 11 is 0. The normalized spacial score (nSPS) is 19.8. The molecule has 2 N–H and O–H groups in total. The minimum atomic E-state index is -4.76. The highest BCUT2D eigenvalue weighted by Gasteiger charge is 2.49. The number of anilines is 3. The van der Waals surface area contributed by atoms with Crippen LogP contribution in [0.25, 0.3) is 0 Å². The average molecular weight is 448 g/mol. The lowest BCUT2D eigenvalue weighted by molar-refractivity contribution is -0.158. The number of alkyl halides is 3. The number of amides is 2. The fourth-order valence-electron chi connectivity index (χ4n) is 4.14. The Kier molecular flexibility index (Phi) is 5.96. The number of hydrogen-bond acceptors (Lipinski definition) is 5. The zero-order valence-corrected chi connectivity index (χ0v) is 17.2. The van der Waals surface area contributed by atoms with Crippen molar-refractivity contribution in [3.63, 3.8) is 0 Å². The van der Waals surface area contributed by atoms with Gasteiger partial charge in [-0.15, -0.1) is 0 Å². The maximum absolute atomic E-state index is 13.8. The van der Waals surface area contributed by atoms with Crippen LogP contribution in [0.5, 0.6) is 5.75 Å². The number of rotatable bonds is 3. The van der Waals surface area contributed by atoms with E-state index in [2.05, 4.69) is 5.32 Å². The number of carbonyl (C=O) groups is 2. The van der Waals surface area contributed by atoms with Crippen LogP contribution in [0, 0.1) is 0 Å². The molecule has 0 radical (unpaired) electrons. The van der Waals surface area contributed by atoms with E-state index >= 15 is 0 Å². The smallest absolute Gasteiger partial charge is 0.409 e. The molecule has 170 valence electrons. The van der Waals surface area contributed by atoms with E-state index in [1.54, 1.807) is 29.2 Å². The van der Waals surface area contributed by atoms with Gasteiger partial charge in [0.25, 0.3) is 0 Å². The fourth-order valence-corrected chi connectivity index (χ4v) is 4.14. The Morgan fingerprint density at radius 2 is 1.62 bits per heavy atom. The second-order valence-corrected chi connectivity index (χ2v) is 7.84. The number of nitrogens with one attached hydrogen (secondary N) is 1. The molecule has 2 heterocycles. The summed E-state index contributed by atoms with van der Waals surface area (Å²) in [5.74, 6) is -1.35. The second kappa shape index (κ2) is 8.70. The number of fused-ring (bicyclic) bond motifs is 1. The van der Waals surface area contributed by atoms with Gasteiger partial charge in [0.2, 0.25) is 11.8 Å². The minimum Gasteiger partial charge on any atom is -0.506 e. The van der Waals surface area contributed by atoms with Gasteiger partial charge >= 0.3 is 6.18 Å². The molecule has 32 heavy (non-hydrogen) atoms. The van der Waals surface area contributed by atoms with Crippen molar-refractivity contribution in [1.82, 2.24) is 4.90 Å². The van der Waals surface area contributed by atoms with Crippen LogP contribution < -0.4 is 15.1 Å². The van der Waals surface area contributed by atoms with Gasteiger partial charge in [0.1, 0.15) is 11.8 Å². The third-order valence-corrected chi connectivity index (χ3v) is 5.73. The number of phenolic OH excluding ortho intramolecular Hbond substituents is 1. The number of phenols is 1. The molecule has 1 atom stereocenters. The maximum atomic E-state index is 13.8. The third-order valence-electron chi connectivity index (χ3n) is 5.73. The molecule has 0 spiro atoms. The number of carbonyl (C=O) groups excluding carboxylic acids is 2. The number of nitrogens with zero attached hydrogens (tertiary/aromatic N) is 3. The van der Waals surface area contributed by atoms with Gasteiger partial charge in [-0.25, -0.2) is 0 Å². The lowest BCUT2D eigenvalue weighted by Gasteiger charge is -2.38. The molecule has 2 aromatic rings. The van der Waals surface area contributed by atoms with Crippen LogP contribution in [0.3, 0.4) is 0 Å². The molecule has 0 saturated carbocycles. The van der Waals surface area contributed by atoms with Crippen molar-refractivity contribution in [1.29, 1.82) is 0 Å². The highest BCUT2D eigenvalue weighted by molar-refractivity contribution is 6.05. The largest absolute Gasteiger partial charge is 0.506 e. The predicted molar refractivity (Wildman–Crippen MR) is 114 cm³/mol. The first kappa shape index (κ1) is 21.9. The van der Waals surface area contributed by atoms with Gasteiger partial charge in [0, 0.05) is 26.2 Å². The first-order chi connectivity index (χ1) is 15.2. The SMILES string of the molecule is O=C1C[C@H](C(F)(F)F)N(C(=O)CN2CCN(c3ccccc3O)CC2)c2ccccc2N1. The molecule has 0 aliphatic carbocycles. The molecule has 4 rings (SSSR count). The van der Waals surface area contributed by atoms with Crippen molar-refractivity contribution in [2.24, 2.45) is 0 Å². The van der Waals surface area contributed by atoms with Crippen LogP contribution in [-0.4, -0.2) is 66.8 Å². The Morgan fingerprint density at radius 1 is 1.00 bits per heavy atom. The highest BCUT2D eigenvalue weighted by Crippen LogP contribution is 2.38. The molecular weight excluding hydrogens is 425 g/mol. The van der Waals surface area contributed by atoms with Crippen LogP contribution in [0.15, 0.2) is 48.5 Å². The van der Waals surface area contributed by atoms with Crippen LogP contribution >= 0.6 is 0 Å². The van der Waals surface area contributed by atoms with E-state index in [0.717, 1.165) is 0 Å². The third kappa shape index (κ3) is 4.50. The number of aromatic hydroxyl groups is 1. The monoisotopic (exact) mass is 448 g/mol. The Balaban J connectivity index is 1.51. The topological polar surface area (TPSA) is 76.1 Å². The fraction of sp³-hybridized carbons (Fsp3) is 0.364. The molecule has 0 unspecified atom stereocenters. The van der Waals surface area contributed by atoms with Crippen molar-refractivity contribution in [2.75, 3.05) is 47.8 Å². The molecule has 1 saturated heterocycles. The highest BCUT2D eigenvalue weighted by atomic mass is 19.4. The zero-order chi connectivity index (χ0) is 22.9. The summed E-state index contributed by atoms with van der Waals surface area (Å²) in [5.41, 5.74) is 0.905. The van der Waals surface area contributed by atoms with E-state index < -0.39 is 30.5 Å². The lowest BCUT2D eigenvalue weighted by Crippen LogP contribution is -2.55. The van der Waals surface area contributed by atoms with Gasteiger partial charge in [0.05, 0.1) is 30.0 Å². The van der Waals surface area contributed by atoms with Crippen LogP contribution in [0.1, 0.15) is 6.42 Å². The van der Waals surface area contributed by atoms with Gasteiger partial charge in [-0.2, -0.15) is 13.2 Å². The van der Waals surface area contributed by atoms with E-state index in [-0.39, 0.29) is 23.7 Å². The molecule has 2 amide bonds. The van der Waals surface area contributed by atoms with E-state index in [1.165, 1.54) is 18.2 Å². The summed E-state index contributed by atoms with van der Waals surface area (Å²) in [6.07, 6.45) is -5.61. The van der Waals surface area contributed by atoms with Gasteiger partial charge in [0.15, 0.2) is 0 Å². The van der Waals surface area contributed by atoms with Gasteiger partial charge in [-0.05, 0) is 24.3 Å². The second-order valence-electron chi connectivity index (χ2n) is 7.84. The molecule has 2 aliphatic rings. The van der Waals surface area contributed by atoms with Crippen molar-refractivity contribution in [3.05, 3.63) is 48.5 Å². The van der Waals surface area contributed by atoms with Gasteiger partial charge in [-0.3, -0.25) is 19.4 Å². The Hall–Kier alpha value is -3.27. The maximum Gasteiger partial charge on any atom is 0.409 e. The average Bonchev–Trinajstić information content (AvgIpc) is 2.90. The van der Waals surface area contributed by atoms with Crippen molar-refractivity contribution < 1.29 is 27.9 Å². The molecule has 2 aromatic carbocycles. The standard InChI is InChI=1S/C22H23F3N4O3/c23-22(24,25)19-13-20(31)26-15-5-1-2-6-16(15)29(19)21(32)14-27-9-11-28(12-10-27)17-7-3-4-8-18(17)30/h1-8,19,30H,9-14H2,(H,26,31)/t19-/m1/s1. The molecule has 10 heteroatoms. The minimum absolute atomic E-state index is 0.0403. The Bertz CT molecular complexity index is 1010. The van der Waals surface area contributed by atoms with Crippen molar-refractivity contribution >= 4 is 28.9 Å². The van der Waals surface area contributed by atoms with E-state index in [1.807, 2.05) is 11.0 Å². The zero-order valence-electron chi connectivity index (χ0n) is 17.2. The van der Waals surface area contributed by atoms with Crippen molar-refractivity contribution in [2.45, 2.75) is 18.6 Å². The summed E-state index contributed by atoms with van der Waals surface area (Å²) in [5, 5.41) is 12.5. The molecule has 2 aliphatic heterocycles. The van der Waals surface area contributed by atoms with E-state index in [4.69, 9.17) is 0 Å². The first-order valence-electron chi connectivity index (χ1n) is 10.3. The van der Waals surface area contributed by atoms with Crippen LogP contribution in [0.4, 0.5) is 30.2 Å². The van der Waals surface area contributed by atoms with E-state index in [0.29, 0.717) is 36.8 Å². The Labute approximate surface area is 183 Å². The number of para-hydroxylation sites is 4. The van der Waals surface area contributed by atoms with Crippen LogP contribution in [-0.2, 0) is 9.59 Å². The molecular formula is C22H23F3N4O3. The summed E-state index contributed by atoms with van der Waals surface area (Å²) < 4.78 is 41.5. The molecule has 0 aromatic heterocycles. The van der Waals surface area contributed by atoms with E-state index in [9.17, 15) is 27.9 Å².